The van der Waals surface area contributed by atoms with Crippen LogP contribution in [0.3, 0.4) is 0 Å². The van der Waals surface area contributed by atoms with Gasteiger partial charge in [-0.3, -0.25) is 9.59 Å². The molecule has 2 aromatic carbocycles. The van der Waals surface area contributed by atoms with Gasteiger partial charge < -0.3 is 15.0 Å². The Hall–Kier alpha value is -2.82. The number of amides is 2. The average molecular weight is 380 g/mol. The van der Waals surface area contributed by atoms with E-state index in [-0.39, 0.29) is 23.8 Å². The highest BCUT2D eigenvalue weighted by Crippen LogP contribution is 2.36. The van der Waals surface area contributed by atoms with Crippen LogP contribution in [0.5, 0.6) is 5.75 Å². The molecule has 0 bridgehead atoms. The van der Waals surface area contributed by atoms with Gasteiger partial charge in [-0.1, -0.05) is 48.5 Å². The van der Waals surface area contributed by atoms with Gasteiger partial charge in [0.2, 0.25) is 11.8 Å². The van der Waals surface area contributed by atoms with Gasteiger partial charge in [0.1, 0.15) is 5.75 Å². The number of nitrogens with one attached hydrogen (secondary N) is 1. The minimum Gasteiger partial charge on any atom is -0.496 e. The van der Waals surface area contributed by atoms with Gasteiger partial charge in [0.05, 0.1) is 19.1 Å². The van der Waals surface area contributed by atoms with E-state index < -0.39 is 0 Å². The lowest BCUT2D eigenvalue weighted by Crippen LogP contribution is -2.48. The molecule has 28 heavy (non-hydrogen) atoms. The van der Waals surface area contributed by atoms with Crippen LogP contribution in [0.2, 0.25) is 0 Å². The molecule has 1 N–H and O–H groups in total. The van der Waals surface area contributed by atoms with Gasteiger partial charge in [-0.25, -0.2) is 0 Å². The fraction of sp³-hybridized carbons (Fsp3) is 0.391. The molecular formula is C23H28N2O3. The number of methoxy groups -OCH3 is 1. The summed E-state index contributed by atoms with van der Waals surface area (Å²) in [6.45, 7) is 3.11. The first-order valence-corrected chi connectivity index (χ1v) is 9.89. The number of ether oxygens (including phenoxy) is 1. The Bertz CT molecular complexity index is 807. The summed E-state index contributed by atoms with van der Waals surface area (Å²) < 4.78 is 5.38. The second-order valence-electron chi connectivity index (χ2n) is 7.03. The average Bonchev–Trinajstić information content (AvgIpc) is 2.74. The van der Waals surface area contributed by atoms with Crippen molar-refractivity contribution in [1.29, 1.82) is 0 Å². The Morgan fingerprint density at radius 3 is 2.57 bits per heavy atom. The second-order valence-corrected chi connectivity index (χ2v) is 7.03. The highest BCUT2D eigenvalue weighted by Gasteiger charge is 2.39. The lowest BCUT2D eigenvalue weighted by Gasteiger charge is -2.40. The molecule has 1 saturated heterocycles. The predicted octanol–water partition coefficient (Wildman–Crippen LogP) is 3.35. The van der Waals surface area contributed by atoms with Crippen molar-refractivity contribution >= 4 is 11.8 Å². The van der Waals surface area contributed by atoms with Crippen molar-refractivity contribution in [2.24, 2.45) is 5.92 Å². The summed E-state index contributed by atoms with van der Waals surface area (Å²) in [6.07, 6.45) is 1.70. The summed E-state index contributed by atoms with van der Waals surface area (Å²) in [5, 5.41) is 3.08. The van der Waals surface area contributed by atoms with E-state index in [9.17, 15) is 9.59 Å². The van der Waals surface area contributed by atoms with Gasteiger partial charge in [0, 0.05) is 19.5 Å². The summed E-state index contributed by atoms with van der Waals surface area (Å²) in [5.41, 5.74) is 2.08. The highest BCUT2D eigenvalue weighted by molar-refractivity contribution is 5.85. The van der Waals surface area contributed by atoms with Crippen LogP contribution in [0.4, 0.5) is 0 Å². The zero-order valence-corrected chi connectivity index (χ0v) is 16.6. The van der Waals surface area contributed by atoms with E-state index in [1.807, 2.05) is 66.4 Å². The molecule has 2 aromatic rings. The molecule has 0 spiro atoms. The van der Waals surface area contributed by atoms with Crippen molar-refractivity contribution < 1.29 is 14.3 Å². The number of rotatable bonds is 7. The van der Waals surface area contributed by atoms with Crippen LogP contribution in [0.1, 0.15) is 36.9 Å². The number of carbonyl (C=O) groups is 2. The zero-order valence-electron chi connectivity index (χ0n) is 16.6. The number of likely N-dealkylation sites (tertiary alicyclic amines) is 1. The maximum Gasteiger partial charge on any atom is 0.225 e. The van der Waals surface area contributed by atoms with Gasteiger partial charge in [-0.2, -0.15) is 0 Å². The van der Waals surface area contributed by atoms with Crippen LogP contribution in [-0.2, 0) is 16.0 Å². The minimum absolute atomic E-state index is 0.00898. The lowest BCUT2D eigenvalue weighted by atomic mass is 9.83. The zero-order chi connectivity index (χ0) is 19.9. The summed E-state index contributed by atoms with van der Waals surface area (Å²) in [4.78, 5) is 27.3. The Balaban J connectivity index is 1.70. The topological polar surface area (TPSA) is 58.6 Å². The van der Waals surface area contributed by atoms with Crippen molar-refractivity contribution in [2.45, 2.75) is 32.2 Å². The monoisotopic (exact) mass is 380 g/mol. The summed E-state index contributed by atoms with van der Waals surface area (Å²) in [7, 11) is 1.65. The standard InChI is InChI=1S/C23H28N2O3/c1-3-25-21(26)14-13-19(22(25)18-10-5-4-6-11-18)23(27)24-16-15-17-9-7-8-12-20(17)28-2/h4-12,19,22H,3,13-16H2,1-2H3,(H,24,27)/t19-,22+/m1/s1. The van der Waals surface area contributed by atoms with Crippen LogP contribution < -0.4 is 10.1 Å². The van der Waals surface area contributed by atoms with E-state index in [0.29, 0.717) is 32.4 Å². The normalized spacial score (nSPS) is 19.4. The number of para-hydroxylation sites is 1. The first-order valence-electron chi connectivity index (χ1n) is 9.89. The molecule has 1 fully saturated rings. The Morgan fingerprint density at radius 1 is 1.14 bits per heavy atom. The molecule has 1 aliphatic heterocycles. The molecule has 0 unspecified atom stereocenters. The number of piperidine rings is 1. The maximum absolute atomic E-state index is 13.0. The quantitative estimate of drug-likeness (QED) is 0.801. The fourth-order valence-electron chi connectivity index (χ4n) is 4.02. The van der Waals surface area contributed by atoms with Crippen LogP contribution in [0, 0.1) is 5.92 Å². The number of carbonyl (C=O) groups excluding carboxylic acids is 2. The molecule has 0 saturated carbocycles. The summed E-state index contributed by atoms with van der Waals surface area (Å²) in [6, 6.07) is 17.5. The fourth-order valence-corrected chi connectivity index (χ4v) is 4.02. The van der Waals surface area contributed by atoms with Gasteiger partial charge >= 0.3 is 0 Å². The molecule has 1 aliphatic rings. The molecule has 1 heterocycles. The maximum atomic E-state index is 13.0. The number of nitrogens with zero attached hydrogens (tertiary/aromatic N) is 1. The number of hydrogen-bond donors (Lipinski definition) is 1. The summed E-state index contributed by atoms with van der Waals surface area (Å²) in [5.74, 6) is 0.723. The molecule has 2 amide bonds. The van der Waals surface area contributed by atoms with Gasteiger partial charge in [-0.15, -0.1) is 0 Å². The molecule has 0 radical (unpaired) electrons. The van der Waals surface area contributed by atoms with Gasteiger partial charge in [0.25, 0.3) is 0 Å². The second kappa shape index (κ2) is 9.40. The van der Waals surface area contributed by atoms with E-state index in [0.717, 1.165) is 16.9 Å². The molecule has 148 valence electrons. The van der Waals surface area contributed by atoms with Crippen LogP contribution in [0.25, 0.3) is 0 Å². The first kappa shape index (κ1) is 19.9. The largest absolute Gasteiger partial charge is 0.496 e. The Morgan fingerprint density at radius 2 is 1.86 bits per heavy atom. The third-order valence-corrected chi connectivity index (χ3v) is 5.41. The Kier molecular flexibility index (Phi) is 6.69. The van der Waals surface area contributed by atoms with E-state index in [1.165, 1.54) is 0 Å². The molecule has 5 heteroatoms. The smallest absolute Gasteiger partial charge is 0.225 e. The van der Waals surface area contributed by atoms with E-state index in [1.54, 1.807) is 7.11 Å². The van der Waals surface area contributed by atoms with E-state index >= 15 is 0 Å². The van der Waals surface area contributed by atoms with Crippen molar-refractivity contribution in [3.63, 3.8) is 0 Å². The molecule has 0 aromatic heterocycles. The predicted molar refractivity (Wildman–Crippen MR) is 109 cm³/mol. The third-order valence-electron chi connectivity index (χ3n) is 5.41. The van der Waals surface area contributed by atoms with Crippen molar-refractivity contribution in [2.75, 3.05) is 20.2 Å². The molecular weight excluding hydrogens is 352 g/mol. The molecule has 5 nitrogen and oxygen atoms in total. The van der Waals surface area contributed by atoms with Crippen molar-refractivity contribution in [3.05, 3.63) is 65.7 Å². The van der Waals surface area contributed by atoms with Crippen LogP contribution >= 0.6 is 0 Å². The van der Waals surface area contributed by atoms with Crippen LogP contribution in [0.15, 0.2) is 54.6 Å². The van der Waals surface area contributed by atoms with Crippen LogP contribution in [-0.4, -0.2) is 36.9 Å². The molecule has 3 rings (SSSR count). The summed E-state index contributed by atoms with van der Waals surface area (Å²) >= 11 is 0. The van der Waals surface area contributed by atoms with Crippen molar-refractivity contribution in [1.82, 2.24) is 10.2 Å². The third kappa shape index (κ3) is 4.35. The molecule has 0 aliphatic carbocycles. The SMILES string of the molecule is CCN1C(=O)CC[C@@H](C(=O)NCCc2ccccc2OC)[C@@H]1c1ccccc1. The highest BCUT2D eigenvalue weighted by atomic mass is 16.5. The number of benzene rings is 2. The first-order chi connectivity index (χ1) is 13.7. The minimum atomic E-state index is -0.238. The lowest BCUT2D eigenvalue weighted by molar-refractivity contribution is -0.143. The Labute approximate surface area is 166 Å². The number of hydrogen-bond acceptors (Lipinski definition) is 3. The van der Waals surface area contributed by atoms with E-state index in [2.05, 4.69) is 5.32 Å². The molecule has 2 atom stereocenters. The van der Waals surface area contributed by atoms with Crippen molar-refractivity contribution in [3.8, 4) is 5.75 Å². The van der Waals surface area contributed by atoms with Gasteiger partial charge in [0.15, 0.2) is 0 Å². The van der Waals surface area contributed by atoms with Gasteiger partial charge in [-0.05, 0) is 37.0 Å². The van der Waals surface area contributed by atoms with E-state index in [4.69, 9.17) is 4.74 Å².